The molecule has 0 aromatic carbocycles. The summed E-state index contributed by atoms with van der Waals surface area (Å²) in [5.74, 6) is 0. The summed E-state index contributed by atoms with van der Waals surface area (Å²) < 4.78 is 36.2. The van der Waals surface area contributed by atoms with E-state index in [1.165, 1.54) is 6.07 Å². The fourth-order valence-electron chi connectivity index (χ4n) is 0.876. The average molecular weight is 202 g/mol. The van der Waals surface area contributed by atoms with Gasteiger partial charge in [0, 0.05) is 12.7 Å². The molecule has 0 fully saturated rings. The lowest BCUT2D eigenvalue weighted by molar-refractivity contribution is -0.141. The van der Waals surface area contributed by atoms with Gasteiger partial charge in [0.1, 0.15) is 5.69 Å². The Labute approximate surface area is 79.3 Å². The predicted octanol–water partition coefficient (Wildman–Crippen LogP) is 2.07. The Kier molecular flexibility index (Phi) is 3.24. The van der Waals surface area contributed by atoms with E-state index >= 15 is 0 Å². The summed E-state index contributed by atoms with van der Waals surface area (Å²) in [5, 5.41) is 0. The van der Waals surface area contributed by atoms with Crippen molar-refractivity contribution in [2.45, 2.75) is 6.18 Å². The van der Waals surface area contributed by atoms with Crippen LogP contribution in [0.3, 0.4) is 0 Å². The number of aromatic nitrogens is 1. The predicted molar refractivity (Wildman–Crippen MR) is 47.3 cm³/mol. The Hall–Kier alpha value is -1.36. The Morgan fingerprint density at radius 2 is 2.07 bits per heavy atom. The number of pyridine rings is 1. The largest absolute Gasteiger partial charge is 0.433 e. The van der Waals surface area contributed by atoms with E-state index in [1.807, 2.05) is 0 Å². The van der Waals surface area contributed by atoms with Crippen LogP contribution in [-0.4, -0.2) is 11.5 Å². The second kappa shape index (κ2) is 4.23. The fraction of sp³-hybridized carbons (Fsp3) is 0.222. The van der Waals surface area contributed by atoms with Crippen LogP contribution >= 0.6 is 0 Å². The van der Waals surface area contributed by atoms with E-state index in [0.717, 1.165) is 12.3 Å². The van der Waals surface area contributed by atoms with Gasteiger partial charge >= 0.3 is 6.18 Å². The van der Waals surface area contributed by atoms with Crippen LogP contribution < -0.4 is 5.73 Å². The van der Waals surface area contributed by atoms with Crippen LogP contribution in [0.15, 0.2) is 24.4 Å². The lowest BCUT2D eigenvalue weighted by atomic mass is 10.2. The second-order valence-electron chi connectivity index (χ2n) is 2.61. The number of nitrogens with two attached hydrogens (primary N) is 1. The molecule has 0 radical (unpaired) electrons. The van der Waals surface area contributed by atoms with Crippen molar-refractivity contribution in [1.82, 2.24) is 4.98 Å². The van der Waals surface area contributed by atoms with Gasteiger partial charge in [0.15, 0.2) is 0 Å². The van der Waals surface area contributed by atoms with E-state index in [0.29, 0.717) is 12.1 Å². The number of alkyl halides is 3. The molecular formula is C9H9F3N2. The molecule has 0 atom stereocenters. The summed E-state index contributed by atoms with van der Waals surface area (Å²) in [6.45, 7) is 0.348. The number of nitrogens with zero attached hydrogens (tertiary/aromatic N) is 1. The van der Waals surface area contributed by atoms with Crippen molar-refractivity contribution in [3.8, 4) is 0 Å². The smallest absolute Gasteiger partial charge is 0.327 e. The third-order valence-corrected chi connectivity index (χ3v) is 1.52. The third kappa shape index (κ3) is 2.85. The molecule has 2 nitrogen and oxygen atoms in total. The molecule has 0 saturated heterocycles. The van der Waals surface area contributed by atoms with Gasteiger partial charge in [-0.3, -0.25) is 4.98 Å². The van der Waals surface area contributed by atoms with E-state index < -0.39 is 11.9 Å². The van der Waals surface area contributed by atoms with Crippen LogP contribution in [-0.2, 0) is 6.18 Å². The second-order valence-corrected chi connectivity index (χ2v) is 2.61. The molecule has 0 spiro atoms. The van der Waals surface area contributed by atoms with E-state index in [9.17, 15) is 13.2 Å². The molecule has 1 aromatic heterocycles. The summed E-state index contributed by atoms with van der Waals surface area (Å²) in [5.41, 5.74) is 4.90. The lowest BCUT2D eigenvalue weighted by Crippen LogP contribution is -2.07. The van der Waals surface area contributed by atoms with Gasteiger partial charge in [0.05, 0.1) is 0 Å². The van der Waals surface area contributed by atoms with E-state index in [2.05, 4.69) is 4.98 Å². The fourth-order valence-corrected chi connectivity index (χ4v) is 0.876. The maximum absolute atomic E-state index is 12.1. The van der Waals surface area contributed by atoms with Crippen molar-refractivity contribution in [3.05, 3.63) is 35.7 Å². The number of hydrogen-bond donors (Lipinski definition) is 1. The minimum Gasteiger partial charge on any atom is -0.327 e. The van der Waals surface area contributed by atoms with Gasteiger partial charge in [0.25, 0.3) is 0 Å². The third-order valence-electron chi connectivity index (χ3n) is 1.52. The van der Waals surface area contributed by atoms with Gasteiger partial charge in [-0.2, -0.15) is 13.2 Å². The molecule has 0 unspecified atom stereocenters. The Bertz CT molecular complexity index is 314. The molecule has 0 saturated carbocycles. The summed E-state index contributed by atoms with van der Waals surface area (Å²) in [6, 6.07) is 2.29. The number of rotatable bonds is 2. The molecule has 0 aliphatic carbocycles. The van der Waals surface area contributed by atoms with E-state index in [-0.39, 0.29) is 0 Å². The molecule has 0 aliphatic rings. The Balaban J connectivity index is 2.84. The monoisotopic (exact) mass is 202 g/mol. The molecular weight excluding hydrogens is 193 g/mol. The van der Waals surface area contributed by atoms with E-state index in [4.69, 9.17) is 5.73 Å². The Morgan fingerprint density at radius 1 is 1.36 bits per heavy atom. The molecule has 0 amide bonds. The Morgan fingerprint density at radius 3 is 2.50 bits per heavy atom. The topological polar surface area (TPSA) is 38.9 Å². The van der Waals surface area contributed by atoms with Crippen LogP contribution in [0.1, 0.15) is 11.3 Å². The summed E-state index contributed by atoms with van der Waals surface area (Å²) >= 11 is 0. The van der Waals surface area contributed by atoms with Crippen LogP contribution in [0, 0.1) is 0 Å². The van der Waals surface area contributed by atoms with Crippen molar-refractivity contribution >= 4 is 6.08 Å². The molecule has 0 bridgehead atoms. The van der Waals surface area contributed by atoms with Crippen LogP contribution in [0.5, 0.6) is 0 Å². The van der Waals surface area contributed by atoms with Crippen LogP contribution in [0.2, 0.25) is 0 Å². The molecule has 1 rings (SSSR count). The van der Waals surface area contributed by atoms with Crippen molar-refractivity contribution in [2.24, 2.45) is 5.73 Å². The van der Waals surface area contributed by atoms with Gasteiger partial charge in [0.2, 0.25) is 0 Å². The lowest BCUT2D eigenvalue weighted by Gasteiger charge is -2.04. The first kappa shape index (κ1) is 10.7. The van der Waals surface area contributed by atoms with E-state index in [1.54, 1.807) is 12.2 Å². The van der Waals surface area contributed by atoms with Gasteiger partial charge < -0.3 is 5.73 Å². The molecule has 2 N–H and O–H groups in total. The van der Waals surface area contributed by atoms with Crippen molar-refractivity contribution in [2.75, 3.05) is 6.54 Å². The summed E-state index contributed by atoms with van der Waals surface area (Å²) in [4.78, 5) is 3.29. The minimum absolute atomic E-state index is 0.348. The first-order chi connectivity index (χ1) is 6.54. The highest BCUT2D eigenvalue weighted by molar-refractivity contribution is 5.48. The first-order valence-corrected chi connectivity index (χ1v) is 3.94. The van der Waals surface area contributed by atoms with Gasteiger partial charge in [-0.15, -0.1) is 0 Å². The molecule has 14 heavy (non-hydrogen) atoms. The highest BCUT2D eigenvalue weighted by Gasteiger charge is 2.31. The SMILES string of the molecule is NCC=Cc1ccc(C(F)(F)F)nc1. The van der Waals surface area contributed by atoms with Gasteiger partial charge in [-0.05, 0) is 11.6 Å². The molecule has 76 valence electrons. The quantitative estimate of drug-likeness (QED) is 0.797. The van der Waals surface area contributed by atoms with Crippen molar-refractivity contribution in [1.29, 1.82) is 0 Å². The molecule has 5 heteroatoms. The van der Waals surface area contributed by atoms with Crippen LogP contribution in [0.25, 0.3) is 6.08 Å². The average Bonchev–Trinajstić information content (AvgIpc) is 2.14. The maximum atomic E-state index is 12.1. The van der Waals surface area contributed by atoms with Gasteiger partial charge in [-0.25, -0.2) is 0 Å². The highest BCUT2D eigenvalue weighted by Crippen LogP contribution is 2.27. The normalized spacial score (nSPS) is 12.3. The summed E-state index contributed by atoms with van der Waals surface area (Å²) in [6.07, 6.45) is 0.0442. The van der Waals surface area contributed by atoms with Crippen LogP contribution in [0.4, 0.5) is 13.2 Å². The van der Waals surface area contributed by atoms with Crippen molar-refractivity contribution < 1.29 is 13.2 Å². The molecule has 1 aromatic rings. The number of hydrogen-bond acceptors (Lipinski definition) is 2. The minimum atomic E-state index is -4.38. The number of halogens is 3. The molecule has 0 aliphatic heterocycles. The standard InChI is InChI=1S/C9H9F3N2/c10-9(11,12)8-4-3-7(6-14-8)2-1-5-13/h1-4,6H,5,13H2. The summed E-state index contributed by atoms with van der Waals surface area (Å²) in [7, 11) is 0. The van der Waals surface area contributed by atoms with Gasteiger partial charge in [-0.1, -0.05) is 18.2 Å². The first-order valence-electron chi connectivity index (χ1n) is 3.94. The van der Waals surface area contributed by atoms with Crippen molar-refractivity contribution in [3.63, 3.8) is 0 Å². The zero-order valence-corrected chi connectivity index (χ0v) is 7.25. The highest BCUT2D eigenvalue weighted by atomic mass is 19.4. The zero-order valence-electron chi connectivity index (χ0n) is 7.25. The maximum Gasteiger partial charge on any atom is 0.433 e. The zero-order chi connectivity index (χ0) is 10.6. The molecule has 1 heterocycles.